The molecule has 2 atom stereocenters. The van der Waals surface area contributed by atoms with Gasteiger partial charge in [-0.15, -0.1) is 24.0 Å². The van der Waals surface area contributed by atoms with Crippen LogP contribution in [0.4, 0.5) is 14.5 Å². The van der Waals surface area contributed by atoms with Gasteiger partial charge in [-0.3, -0.25) is 14.8 Å². The van der Waals surface area contributed by atoms with E-state index in [4.69, 9.17) is 9.73 Å². The predicted molar refractivity (Wildman–Crippen MR) is 130 cm³/mol. The second kappa shape index (κ2) is 11.5. The monoisotopic (exact) mass is 550 g/mol. The molecule has 31 heavy (non-hydrogen) atoms. The lowest BCUT2D eigenvalue weighted by Gasteiger charge is -2.47. The van der Waals surface area contributed by atoms with Crippen LogP contribution in [0.25, 0.3) is 0 Å². The van der Waals surface area contributed by atoms with Gasteiger partial charge in [0, 0.05) is 64.4 Å². The van der Waals surface area contributed by atoms with Crippen LogP contribution in [-0.2, 0) is 0 Å². The number of halogens is 3. The van der Waals surface area contributed by atoms with Crippen molar-refractivity contribution in [1.82, 2.24) is 20.4 Å². The van der Waals surface area contributed by atoms with Crippen LogP contribution in [0.3, 0.4) is 0 Å². The Balaban J connectivity index is 0.00000272. The maximum atomic E-state index is 12.7. The largest absolute Gasteiger partial charge is 0.433 e. The average molecular weight is 550 g/mol. The number of guanidine groups is 1. The lowest BCUT2D eigenvalue weighted by molar-refractivity contribution is -0.0495. The minimum absolute atomic E-state index is 0. The van der Waals surface area contributed by atoms with Crippen LogP contribution in [0.5, 0.6) is 5.75 Å². The van der Waals surface area contributed by atoms with Crippen LogP contribution in [0.1, 0.15) is 13.3 Å². The lowest BCUT2D eigenvalue weighted by Crippen LogP contribution is -2.62. The van der Waals surface area contributed by atoms with E-state index >= 15 is 0 Å². The standard InChI is InChI=1S/C21H32F2N6O.HI/c1-2-24-21(25-13-17-15-27-9-11-28(17)12-10-27)26-16-7-8-29(14-16)18-5-3-4-6-19(18)30-20(22)23;/h3-6,16-17,20H,2,7-15H2,1H3,(H2,24,25,26);1H. The second-order valence-corrected chi connectivity index (χ2v) is 8.13. The van der Waals surface area contributed by atoms with Gasteiger partial charge in [0.25, 0.3) is 0 Å². The summed E-state index contributed by atoms with van der Waals surface area (Å²) in [6.07, 6.45) is 0.913. The highest BCUT2D eigenvalue weighted by Crippen LogP contribution is 2.31. The minimum Gasteiger partial charge on any atom is -0.433 e. The van der Waals surface area contributed by atoms with Crippen molar-refractivity contribution in [2.75, 3.05) is 63.8 Å². The molecule has 174 valence electrons. The number of para-hydroxylation sites is 2. The summed E-state index contributed by atoms with van der Waals surface area (Å²) < 4.78 is 30.2. The Labute approximate surface area is 200 Å². The zero-order valence-electron chi connectivity index (χ0n) is 18.0. The number of aliphatic imine (C=N–C) groups is 1. The summed E-state index contributed by atoms with van der Waals surface area (Å²) in [5.41, 5.74) is 0.712. The Bertz CT molecular complexity index is 732. The molecular formula is C21H33F2IN6O. The molecule has 0 aliphatic carbocycles. The fourth-order valence-electron chi connectivity index (χ4n) is 4.62. The molecule has 2 N–H and O–H groups in total. The summed E-state index contributed by atoms with van der Waals surface area (Å²) in [5, 5.41) is 6.89. The number of alkyl halides is 2. The highest BCUT2D eigenvalue weighted by Gasteiger charge is 2.32. The maximum Gasteiger partial charge on any atom is 0.387 e. The number of piperazine rings is 3. The molecular weight excluding hydrogens is 517 g/mol. The molecule has 10 heteroatoms. The fraction of sp³-hybridized carbons (Fsp3) is 0.667. The van der Waals surface area contributed by atoms with Crippen molar-refractivity contribution in [3.8, 4) is 5.75 Å². The molecule has 2 unspecified atom stereocenters. The topological polar surface area (TPSA) is 55.4 Å². The highest BCUT2D eigenvalue weighted by molar-refractivity contribution is 14.0. The molecule has 0 spiro atoms. The summed E-state index contributed by atoms with van der Waals surface area (Å²) in [4.78, 5) is 12.0. The number of rotatable bonds is 7. The highest BCUT2D eigenvalue weighted by atomic mass is 127. The van der Waals surface area contributed by atoms with E-state index in [9.17, 15) is 8.78 Å². The SMILES string of the molecule is CCNC(=NCC1CN2CCN1CC2)NC1CCN(c2ccccc2OC(F)F)C1.I. The summed E-state index contributed by atoms with van der Waals surface area (Å²) in [7, 11) is 0. The quantitative estimate of drug-likeness (QED) is 0.308. The maximum absolute atomic E-state index is 12.7. The van der Waals surface area contributed by atoms with Crippen molar-refractivity contribution < 1.29 is 13.5 Å². The third-order valence-corrected chi connectivity index (χ3v) is 6.15. The van der Waals surface area contributed by atoms with E-state index in [-0.39, 0.29) is 35.8 Å². The second-order valence-electron chi connectivity index (χ2n) is 8.13. The Morgan fingerprint density at radius 3 is 2.61 bits per heavy atom. The zero-order chi connectivity index (χ0) is 20.9. The van der Waals surface area contributed by atoms with E-state index < -0.39 is 6.61 Å². The first-order valence-electron chi connectivity index (χ1n) is 10.9. The number of hydrogen-bond acceptors (Lipinski definition) is 5. The number of ether oxygens (including phenoxy) is 1. The van der Waals surface area contributed by atoms with Gasteiger partial charge in [0.1, 0.15) is 5.75 Å². The first-order chi connectivity index (χ1) is 14.6. The number of nitrogens with zero attached hydrogens (tertiary/aromatic N) is 4. The van der Waals surface area contributed by atoms with E-state index in [1.807, 2.05) is 12.1 Å². The van der Waals surface area contributed by atoms with Crippen molar-refractivity contribution in [1.29, 1.82) is 0 Å². The van der Waals surface area contributed by atoms with Gasteiger partial charge in [-0.25, -0.2) is 0 Å². The summed E-state index contributed by atoms with van der Waals surface area (Å²) >= 11 is 0. The van der Waals surface area contributed by atoms with Crippen molar-refractivity contribution in [3.63, 3.8) is 0 Å². The number of nitrogens with one attached hydrogen (secondary N) is 2. The van der Waals surface area contributed by atoms with Gasteiger partial charge in [-0.05, 0) is 25.5 Å². The Morgan fingerprint density at radius 2 is 1.94 bits per heavy atom. The smallest absolute Gasteiger partial charge is 0.387 e. The van der Waals surface area contributed by atoms with Crippen LogP contribution in [0, 0.1) is 0 Å². The fourth-order valence-corrected chi connectivity index (χ4v) is 4.62. The molecule has 2 bridgehead atoms. The first kappa shape index (κ1) is 24.2. The summed E-state index contributed by atoms with van der Waals surface area (Å²) in [6.45, 7) is 8.06. The molecule has 5 rings (SSSR count). The third-order valence-electron chi connectivity index (χ3n) is 6.15. The zero-order valence-corrected chi connectivity index (χ0v) is 20.3. The van der Waals surface area contributed by atoms with E-state index in [0.717, 1.165) is 58.2 Å². The van der Waals surface area contributed by atoms with Gasteiger partial charge in [0.05, 0.1) is 12.2 Å². The summed E-state index contributed by atoms with van der Waals surface area (Å²) in [6, 6.07) is 7.69. The van der Waals surface area contributed by atoms with Gasteiger partial charge in [0.2, 0.25) is 0 Å². The van der Waals surface area contributed by atoms with Crippen LogP contribution in [-0.4, -0.2) is 93.4 Å². The van der Waals surface area contributed by atoms with Crippen molar-refractivity contribution in [2.24, 2.45) is 4.99 Å². The molecule has 0 saturated carbocycles. The molecule has 4 aliphatic heterocycles. The van der Waals surface area contributed by atoms with Crippen molar-refractivity contribution in [2.45, 2.75) is 32.0 Å². The van der Waals surface area contributed by atoms with Crippen LogP contribution >= 0.6 is 24.0 Å². The predicted octanol–water partition coefficient (Wildman–Crippen LogP) is 2.04. The molecule has 0 aromatic heterocycles. The van der Waals surface area contributed by atoms with E-state index in [0.29, 0.717) is 11.7 Å². The van der Waals surface area contributed by atoms with E-state index in [2.05, 4.69) is 32.3 Å². The van der Waals surface area contributed by atoms with Gasteiger partial charge < -0.3 is 20.3 Å². The molecule has 4 aliphatic rings. The van der Waals surface area contributed by atoms with Gasteiger partial charge in [-0.1, -0.05) is 12.1 Å². The van der Waals surface area contributed by atoms with Crippen LogP contribution in [0.15, 0.2) is 29.3 Å². The summed E-state index contributed by atoms with van der Waals surface area (Å²) in [5.74, 6) is 1.06. The first-order valence-corrected chi connectivity index (χ1v) is 10.9. The van der Waals surface area contributed by atoms with Gasteiger partial charge in [-0.2, -0.15) is 8.78 Å². The van der Waals surface area contributed by atoms with Crippen molar-refractivity contribution >= 4 is 35.6 Å². The van der Waals surface area contributed by atoms with E-state index in [1.165, 1.54) is 13.1 Å². The number of fused-ring (bicyclic) bond motifs is 3. The average Bonchev–Trinajstić information content (AvgIpc) is 3.21. The van der Waals surface area contributed by atoms with Gasteiger partial charge in [0.15, 0.2) is 5.96 Å². The Hall–Kier alpha value is -1.40. The Kier molecular flexibility index (Phi) is 8.96. The number of benzene rings is 1. The third kappa shape index (κ3) is 6.32. The molecule has 1 aromatic rings. The molecule has 4 saturated heterocycles. The molecule has 0 amide bonds. The molecule has 1 aromatic carbocycles. The molecule has 4 fully saturated rings. The van der Waals surface area contributed by atoms with Crippen molar-refractivity contribution in [3.05, 3.63) is 24.3 Å². The van der Waals surface area contributed by atoms with Crippen LogP contribution < -0.4 is 20.3 Å². The van der Waals surface area contributed by atoms with E-state index in [1.54, 1.807) is 12.1 Å². The minimum atomic E-state index is -2.82. The normalized spacial score (nSPS) is 27.9. The Morgan fingerprint density at radius 1 is 1.16 bits per heavy atom. The van der Waals surface area contributed by atoms with Gasteiger partial charge >= 0.3 is 6.61 Å². The van der Waals surface area contributed by atoms with Crippen LogP contribution in [0.2, 0.25) is 0 Å². The molecule has 0 radical (unpaired) electrons. The number of hydrogen-bond donors (Lipinski definition) is 2. The number of anilines is 1. The lowest BCUT2D eigenvalue weighted by atomic mass is 10.1. The molecule has 4 heterocycles. The molecule has 7 nitrogen and oxygen atoms in total.